The number of nitrogens with one attached hydrogen (secondary N) is 2. The van der Waals surface area contributed by atoms with Crippen LogP contribution in [0, 0.1) is 0 Å². The molecular formula is C20H28N6O. The molecule has 0 unspecified atom stereocenters. The van der Waals surface area contributed by atoms with E-state index in [-0.39, 0.29) is 18.0 Å². The summed E-state index contributed by atoms with van der Waals surface area (Å²) >= 11 is 0. The molecule has 144 valence electrons. The lowest BCUT2D eigenvalue weighted by Crippen LogP contribution is -2.40. The zero-order chi connectivity index (χ0) is 18.6. The topological polar surface area (TPSA) is 75.1 Å². The van der Waals surface area contributed by atoms with Crippen molar-refractivity contribution in [2.45, 2.75) is 44.8 Å². The van der Waals surface area contributed by atoms with Gasteiger partial charge in [-0.2, -0.15) is 0 Å². The molecule has 2 atom stereocenters. The van der Waals surface area contributed by atoms with Crippen LogP contribution in [0.3, 0.4) is 0 Å². The molecule has 2 saturated heterocycles. The smallest absolute Gasteiger partial charge is 0.237 e. The molecule has 0 aliphatic carbocycles. The maximum absolute atomic E-state index is 12.0. The molecular weight excluding hydrogens is 340 g/mol. The van der Waals surface area contributed by atoms with Crippen molar-refractivity contribution in [3.8, 4) is 11.3 Å². The van der Waals surface area contributed by atoms with E-state index in [2.05, 4.69) is 50.1 Å². The Morgan fingerprint density at radius 3 is 2.78 bits per heavy atom. The van der Waals surface area contributed by atoms with Crippen LogP contribution in [-0.4, -0.2) is 58.0 Å². The van der Waals surface area contributed by atoms with Crippen LogP contribution in [0.2, 0.25) is 0 Å². The first-order valence-electron chi connectivity index (χ1n) is 9.97. The van der Waals surface area contributed by atoms with E-state index in [1.165, 1.54) is 31.5 Å². The van der Waals surface area contributed by atoms with Gasteiger partial charge in [0.25, 0.3) is 0 Å². The van der Waals surface area contributed by atoms with Crippen molar-refractivity contribution in [2.75, 3.05) is 26.2 Å². The number of carbonyl (C=O) groups is 1. The summed E-state index contributed by atoms with van der Waals surface area (Å²) in [5.41, 5.74) is 3.31. The highest BCUT2D eigenvalue weighted by atomic mass is 16.2. The Morgan fingerprint density at radius 1 is 1.26 bits per heavy atom. The predicted octanol–water partition coefficient (Wildman–Crippen LogP) is 1.58. The van der Waals surface area contributed by atoms with Crippen LogP contribution in [-0.2, 0) is 11.3 Å². The molecule has 2 aliphatic heterocycles. The first-order valence-corrected chi connectivity index (χ1v) is 9.97. The number of amides is 1. The van der Waals surface area contributed by atoms with E-state index in [4.69, 9.17) is 0 Å². The Morgan fingerprint density at radius 2 is 2.04 bits per heavy atom. The quantitative estimate of drug-likeness (QED) is 0.810. The van der Waals surface area contributed by atoms with Crippen LogP contribution in [0.25, 0.3) is 11.3 Å². The maximum atomic E-state index is 12.0. The lowest BCUT2D eigenvalue weighted by molar-refractivity contribution is -0.122. The monoisotopic (exact) mass is 368 g/mol. The zero-order valence-electron chi connectivity index (χ0n) is 15.9. The summed E-state index contributed by atoms with van der Waals surface area (Å²) in [7, 11) is 0. The fourth-order valence-electron chi connectivity index (χ4n) is 3.98. The molecule has 0 spiro atoms. The molecule has 7 heteroatoms. The van der Waals surface area contributed by atoms with Gasteiger partial charge in [-0.05, 0) is 44.8 Å². The number of hydrogen-bond acceptors (Lipinski definition) is 5. The molecule has 2 N–H and O–H groups in total. The highest BCUT2D eigenvalue weighted by molar-refractivity contribution is 5.82. The van der Waals surface area contributed by atoms with Gasteiger partial charge in [0.2, 0.25) is 5.91 Å². The number of nitrogens with zero attached hydrogens (tertiary/aromatic N) is 4. The van der Waals surface area contributed by atoms with Gasteiger partial charge in [0.15, 0.2) is 0 Å². The van der Waals surface area contributed by atoms with Gasteiger partial charge in [0, 0.05) is 25.2 Å². The van der Waals surface area contributed by atoms with E-state index in [0.29, 0.717) is 6.54 Å². The van der Waals surface area contributed by atoms with Gasteiger partial charge in [0.05, 0.1) is 18.3 Å². The second-order valence-electron chi connectivity index (χ2n) is 7.51. The summed E-state index contributed by atoms with van der Waals surface area (Å²) in [6.07, 6.45) is 5.36. The van der Waals surface area contributed by atoms with Crippen molar-refractivity contribution in [3.63, 3.8) is 0 Å². The van der Waals surface area contributed by atoms with E-state index in [1.54, 1.807) is 0 Å². The van der Waals surface area contributed by atoms with Gasteiger partial charge < -0.3 is 10.6 Å². The number of likely N-dealkylation sites (N-methyl/N-ethyl adjacent to an activating group) is 1. The Labute approximate surface area is 160 Å². The van der Waals surface area contributed by atoms with Crippen molar-refractivity contribution in [1.82, 2.24) is 30.5 Å². The van der Waals surface area contributed by atoms with Crippen LogP contribution >= 0.6 is 0 Å². The summed E-state index contributed by atoms with van der Waals surface area (Å²) in [6, 6.07) is 8.65. The molecule has 2 aliphatic rings. The summed E-state index contributed by atoms with van der Waals surface area (Å²) in [5.74, 6) is 0.0638. The van der Waals surface area contributed by atoms with Gasteiger partial charge in [-0.25, -0.2) is 4.68 Å². The second-order valence-corrected chi connectivity index (χ2v) is 7.51. The van der Waals surface area contributed by atoms with Crippen molar-refractivity contribution in [2.24, 2.45) is 0 Å². The SMILES string of the molecule is CCNC(=O)[C@@H]1C[C@@H](n2cc(-c3ccc(CN4CCCC4)cc3)nn2)CN1. The second kappa shape index (κ2) is 8.19. The van der Waals surface area contributed by atoms with E-state index < -0.39 is 0 Å². The number of rotatable bonds is 6. The largest absolute Gasteiger partial charge is 0.355 e. The first kappa shape index (κ1) is 18.1. The molecule has 2 fully saturated rings. The standard InChI is InChI=1S/C20H28N6O/c1-2-21-20(27)18-11-17(12-22-18)26-14-19(23-24-26)16-7-5-15(6-8-16)13-25-9-3-4-10-25/h5-8,14,17-18,22H,2-4,9-13H2,1H3,(H,21,27)/t17-,18+/m1/s1. The molecule has 1 aromatic heterocycles. The summed E-state index contributed by atoms with van der Waals surface area (Å²) in [6.45, 7) is 6.78. The minimum atomic E-state index is -0.146. The predicted molar refractivity (Wildman–Crippen MR) is 104 cm³/mol. The van der Waals surface area contributed by atoms with E-state index in [1.807, 2.05) is 17.8 Å². The molecule has 0 saturated carbocycles. The van der Waals surface area contributed by atoms with Crippen molar-refractivity contribution in [1.29, 1.82) is 0 Å². The third kappa shape index (κ3) is 4.20. The summed E-state index contributed by atoms with van der Waals surface area (Å²) < 4.78 is 1.89. The highest BCUT2D eigenvalue weighted by Gasteiger charge is 2.30. The summed E-state index contributed by atoms with van der Waals surface area (Å²) in [4.78, 5) is 14.5. The molecule has 0 radical (unpaired) electrons. The number of aromatic nitrogens is 3. The summed E-state index contributed by atoms with van der Waals surface area (Å²) in [5, 5.41) is 14.8. The normalized spacial score (nSPS) is 23.0. The zero-order valence-corrected chi connectivity index (χ0v) is 15.9. The lowest BCUT2D eigenvalue weighted by atomic mass is 10.1. The molecule has 4 rings (SSSR count). The fourth-order valence-corrected chi connectivity index (χ4v) is 3.98. The minimum Gasteiger partial charge on any atom is -0.355 e. The molecule has 2 aromatic rings. The van der Waals surface area contributed by atoms with Gasteiger partial charge >= 0.3 is 0 Å². The number of likely N-dealkylation sites (tertiary alicyclic amines) is 1. The van der Waals surface area contributed by atoms with Crippen molar-refractivity contribution >= 4 is 5.91 Å². The highest BCUT2D eigenvalue weighted by Crippen LogP contribution is 2.23. The Kier molecular flexibility index (Phi) is 5.50. The van der Waals surface area contributed by atoms with E-state index >= 15 is 0 Å². The molecule has 1 aromatic carbocycles. The third-order valence-corrected chi connectivity index (χ3v) is 5.51. The molecule has 0 bridgehead atoms. The third-order valence-electron chi connectivity index (χ3n) is 5.51. The average Bonchev–Trinajstić information content (AvgIpc) is 3.43. The first-order chi connectivity index (χ1) is 13.2. The lowest BCUT2D eigenvalue weighted by Gasteiger charge is -2.14. The van der Waals surface area contributed by atoms with Gasteiger partial charge in [0.1, 0.15) is 5.69 Å². The van der Waals surface area contributed by atoms with Crippen LogP contribution in [0.15, 0.2) is 30.5 Å². The van der Waals surface area contributed by atoms with Crippen LogP contribution in [0.5, 0.6) is 0 Å². The number of benzene rings is 1. The Bertz CT molecular complexity index is 765. The number of carbonyl (C=O) groups excluding carboxylic acids is 1. The number of hydrogen-bond donors (Lipinski definition) is 2. The molecule has 7 nitrogen and oxygen atoms in total. The van der Waals surface area contributed by atoms with E-state index in [9.17, 15) is 4.79 Å². The molecule has 3 heterocycles. The average molecular weight is 368 g/mol. The molecule has 1 amide bonds. The van der Waals surface area contributed by atoms with Crippen molar-refractivity contribution < 1.29 is 4.79 Å². The molecule has 27 heavy (non-hydrogen) atoms. The van der Waals surface area contributed by atoms with E-state index in [0.717, 1.165) is 30.8 Å². The van der Waals surface area contributed by atoms with Gasteiger partial charge in [-0.15, -0.1) is 5.10 Å². The maximum Gasteiger partial charge on any atom is 0.237 e. The Hall–Kier alpha value is -2.25. The minimum absolute atomic E-state index is 0.0638. The van der Waals surface area contributed by atoms with Crippen LogP contribution in [0.4, 0.5) is 0 Å². The van der Waals surface area contributed by atoms with Gasteiger partial charge in [-0.3, -0.25) is 9.69 Å². The Balaban J connectivity index is 1.38. The van der Waals surface area contributed by atoms with Gasteiger partial charge in [-0.1, -0.05) is 29.5 Å². The van der Waals surface area contributed by atoms with Crippen molar-refractivity contribution in [3.05, 3.63) is 36.0 Å². The van der Waals surface area contributed by atoms with Crippen LogP contribution < -0.4 is 10.6 Å². The fraction of sp³-hybridized carbons (Fsp3) is 0.550. The van der Waals surface area contributed by atoms with Crippen LogP contribution in [0.1, 0.15) is 37.8 Å².